The number of para-hydroxylation sites is 2. The van der Waals surface area contributed by atoms with Gasteiger partial charge in [0.05, 0.1) is 0 Å². The second kappa shape index (κ2) is 57.6. The number of hydrogen-bond donors (Lipinski definition) is 0. The lowest BCUT2D eigenvalue weighted by molar-refractivity contribution is 0.0505. The molecule has 13 aromatic carbocycles. The van der Waals surface area contributed by atoms with Gasteiger partial charge >= 0.3 is 0 Å². The molecule has 0 aliphatic rings. The zero-order valence-corrected chi connectivity index (χ0v) is 94.1. The molecular weight excluding hydrogens is 1850 g/mol. The molecule has 20 heteroatoms. The summed E-state index contributed by atoms with van der Waals surface area (Å²) in [6.07, 6.45) is 5.52. The molecule has 0 saturated heterocycles. The van der Waals surface area contributed by atoms with Gasteiger partial charge in [-0.05, 0) is 266 Å². The van der Waals surface area contributed by atoms with Crippen LogP contribution in [0.1, 0.15) is 151 Å². The summed E-state index contributed by atoms with van der Waals surface area (Å²) in [7, 11) is 15.4. The minimum Gasteiger partial charge on any atom is -0.467 e. The van der Waals surface area contributed by atoms with E-state index in [1.165, 1.54) is 152 Å². The molecule has 0 aliphatic heterocycles. The molecule has 10 atom stereocenters. The maximum absolute atomic E-state index is 6.21. The zero-order valence-electron chi connectivity index (χ0n) is 84.1. The van der Waals surface area contributed by atoms with Gasteiger partial charge in [-0.25, -0.2) is 0 Å². The Balaban J connectivity index is 0.000000189. The Kier molecular flexibility index (Phi) is 47.6. The van der Waals surface area contributed by atoms with Crippen LogP contribution in [-0.4, -0.2) is 82.8 Å². The Labute approximate surface area is 828 Å². The van der Waals surface area contributed by atoms with Crippen molar-refractivity contribution in [1.82, 2.24) is 0 Å². The van der Waals surface area contributed by atoms with Crippen molar-refractivity contribution in [3.05, 3.63) is 356 Å². The van der Waals surface area contributed by atoms with Gasteiger partial charge in [0.25, 0.3) is 0 Å². The van der Waals surface area contributed by atoms with Gasteiger partial charge in [-0.3, -0.25) is 0 Å². The van der Waals surface area contributed by atoms with Crippen molar-refractivity contribution in [2.75, 3.05) is 82.8 Å². The van der Waals surface area contributed by atoms with E-state index in [1.54, 1.807) is 35.5 Å². The summed E-state index contributed by atoms with van der Waals surface area (Å²) in [5.41, 5.74) is 21.8. The fraction of sp³-hybridized carbons (Fsp3) is 0.322. The summed E-state index contributed by atoms with van der Waals surface area (Å²) >= 11 is 0. The van der Waals surface area contributed by atoms with Crippen LogP contribution in [0.2, 0.25) is 0 Å². The number of benzene rings is 13. The highest BCUT2D eigenvalue weighted by Gasteiger charge is 2.28. The molecule has 0 heterocycles. The van der Waals surface area contributed by atoms with E-state index in [9.17, 15) is 0 Å². The Hall–Kier alpha value is -7.04. The van der Waals surface area contributed by atoms with Crippen LogP contribution < -0.4 is 92.6 Å². The Morgan fingerprint density at radius 2 is 0.541 bits per heavy atom. The van der Waals surface area contributed by atoms with Gasteiger partial charge in [0, 0.05) is 67.6 Å². The fourth-order valence-electron chi connectivity index (χ4n) is 15.1. The normalized spacial score (nSPS) is 12.1. The first-order valence-electron chi connectivity index (χ1n) is 46.1. The zero-order chi connectivity index (χ0) is 97.5. The van der Waals surface area contributed by atoms with Gasteiger partial charge in [0.2, 0.25) is 0 Å². The van der Waals surface area contributed by atoms with Crippen LogP contribution in [0.3, 0.4) is 0 Å². The molecule has 0 aromatic heterocycles. The van der Waals surface area contributed by atoms with Gasteiger partial charge in [0.15, 0.2) is 34.0 Å². The molecule has 13 aromatic rings. The van der Waals surface area contributed by atoms with Gasteiger partial charge in [0.1, 0.15) is 28.7 Å². The van der Waals surface area contributed by atoms with Crippen molar-refractivity contribution in [1.29, 1.82) is 0 Å². The molecule has 0 radical (unpaired) electrons. The van der Waals surface area contributed by atoms with E-state index in [-0.39, 0.29) is 50.2 Å². The summed E-state index contributed by atoms with van der Waals surface area (Å²) in [6, 6.07) is 95.9. The summed E-state index contributed by atoms with van der Waals surface area (Å²) < 4.78 is 55.4. The van der Waals surface area contributed by atoms with E-state index in [1.807, 2.05) is 12.1 Å². The van der Waals surface area contributed by atoms with Gasteiger partial charge in [-0.1, -0.05) is 373 Å². The lowest BCUT2D eigenvalue weighted by atomic mass is 9.80. The van der Waals surface area contributed by atoms with Crippen molar-refractivity contribution >= 4 is 155 Å². The first-order chi connectivity index (χ1) is 64.9. The minimum absolute atomic E-state index is 0.0110. The topological polar surface area (TPSA) is 92.3 Å². The molecule has 10 nitrogen and oxygen atoms in total. The first kappa shape index (κ1) is 112. The van der Waals surface area contributed by atoms with Crippen molar-refractivity contribution in [3.63, 3.8) is 0 Å². The van der Waals surface area contributed by atoms with Crippen LogP contribution in [0.25, 0.3) is 0 Å². The van der Waals surface area contributed by atoms with Crippen molar-refractivity contribution in [3.8, 4) is 28.7 Å². The van der Waals surface area contributed by atoms with Crippen LogP contribution in [0.4, 0.5) is 0 Å². The maximum atomic E-state index is 6.21. The van der Waals surface area contributed by atoms with E-state index < -0.39 is 0 Å². The van der Waals surface area contributed by atoms with Crippen LogP contribution in [-0.2, 0) is 70.7 Å². The van der Waals surface area contributed by atoms with E-state index in [2.05, 4.69) is 386 Å². The average Bonchev–Trinajstić information content (AvgIpc) is 0.771. The third-order valence-corrected chi connectivity index (χ3v) is 35.8. The van der Waals surface area contributed by atoms with Gasteiger partial charge < -0.3 is 47.4 Å². The first-order valence-corrected chi connectivity index (χ1v) is 58.1. The third-order valence-electron chi connectivity index (χ3n) is 22.4. The molecule has 0 N–H and O–H groups in total. The molecule has 0 saturated carbocycles. The third kappa shape index (κ3) is 35.6. The summed E-state index contributed by atoms with van der Waals surface area (Å²) in [6.45, 7) is 43.8. The van der Waals surface area contributed by atoms with Gasteiger partial charge in [-0.15, -0.1) is 17.2 Å². The average molecular weight is 2000 g/mol. The van der Waals surface area contributed by atoms with Crippen molar-refractivity contribution < 1.29 is 47.4 Å². The molecule has 0 fully saturated rings. The molecule has 0 aliphatic carbocycles. The number of aryl methyl sites for hydroxylation is 8. The quantitative estimate of drug-likeness (QED) is 0.0275. The number of methoxy groups -OCH3 is 5. The molecule has 716 valence electrons. The highest BCUT2D eigenvalue weighted by molar-refractivity contribution is 7.58. The predicted octanol–water partition coefficient (Wildman–Crippen LogP) is 24.0. The van der Waals surface area contributed by atoms with Gasteiger partial charge in [-0.2, -0.15) is 0 Å². The number of ether oxygens (including phenoxy) is 10. The highest BCUT2D eigenvalue weighted by Crippen LogP contribution is 2.40. The predicted molar refractivity (Wildman–Crippen MR) is 609 cm³/mol. The fourth-order valence-corrected chi connectivity index (χ4v) is 27.8. The van der Waals surface area contributed by atoms with E-state index in [4.69, 9.17) is 47.4 Å². The van der Waals surface area contributed by atoms with Crippen LogP contribution in [0.5, 0.6) is 28.7 Å². The maximum Gasteiger partial charge on any atom is 0.188 e. The molecular formula is C115H146O10P10. The largest absolute Gasteiger partial charge is 0.467 e. The van der Waals surface area contributed by atoms with E-state index >= 15 is 0 Å². The van der Waals surface area contributed by atoms with Crippen LogP contribution >= 0.6 is 85.8 Å². The van der Waals surface area contributed by atoms with Crippen LogP contribution in [0.15, 0.2) is 267 Å². The molecule has 0 amide bonds. The Bertz CT molecular complexity index is 5720. The molecule has 0 spiro atoms. The summed E-state index contributed by atoms with van der Waals surface area (Å²) in [5.74, 6) is 4.76. The summed E-state index contributed by atoms with van der Waals surface area (Å²) in [5, 5.41) is 17.8. The lowest BCUT2D eigenvalue weighted by Gasteiger charge is -2.29. The van der Waals surface area contributed by atoms with E-state index in [0.717, 1.165) is 108 Å². The smallest absolute Gasteiger partial charge is 0.188 e. The van der Waals surface area contributed by atoms with Crippen LogP contribution in [0, 0.1) is 55.4 Å². The van der Waals surface area contributed by atoms with E-state index in [0.29, 0.717) is 42.9 Å². The molecule has 135 heavy (non-hydrogen) atoms. The van der Waals surface area contributed by atoms with Crippen molar-refractivity contribution in [2.45, 2.75) is 165 Å². The molecule has 13 rings (SSSR count). The number of rotatable bonds is 38. The molecule has 10 unspecified atom stereocenters. The Morgan fingerprint density at radius 1 is 0.237 bits per heavy atom. The highest BCUT2D eigenvalue weighted by atomic mass is 31.1. The number of hydrogen-bond acceptors (Lipinski definition) is 10. The second-order valence-electron chi connectivity index (χ2n) is 36.4. The monoisotopic (exact) mass is 2000 g/mol. The summed E-state index contributed by atoms with van der Waals surface area (Å²) in [4.78, 5) is 0. The SMILES string of the molecule is COCOc1c(C)cc(C(C)(C)C)cc1Pc1c(C)cccc1CPC.COCOc1c(C)cccc1Pc1c(C)cccc1CPc1ccccc1.COCOc1c(Pc2c(C)cccc2CPC)cc(C(C)(C)C)cc1C(C)(C)C.COCOc1ccc(C)cc1Pc1c(C)cccc1CPc1ccccc1.COCOc1ccccc1Pc1c(C)cccc1CPc1ccccc1. The minimum atomic E-state index is -0.0110. The second-order valence-corrected chi connectivity index (χ2v) is 48.8. The molecule has 0 bridgehead atoms. The lowest BCUT2D eigenvalue weighted by Crippen LogP contribution is -2.24. The Morgan fingerprint density at radius 3 is 0.926 bits per heavy atom. The standard InChI is InChI=1S/C25H38O2P2.2C23H26O2P2.C22H24O2P2.C22H32O2P2/c1-17-11-10-12-18(15-28-9)23(17)29-21-14-19(24(2,3)4)13-20(25(5,6)7)22(21)27-16-26-8;1-17-9-8-14-21(22(17)25-16-24-3)27-23-18(2)10-7-11-19(23)15-26-20-12-5-4-6-13-20;1-17-12-13-21(25-16-24-3)22(14-17)27-23-18(2)8-7-9-19(23)15-26-20-10-5-4-6-11-20;1-17-9-8-10-18(15-25-19-11-4-3-5-12-19)22(17)26-21-14-7-6-13-20(21)24-16-23-2;1-15-9-8-10-17(13-25-7)21(15)26-19-12-18(22(3,4)5)11-16(2)20(19)24-14-23-6/h10-14,28-29H,15-16H2,1-9H3;2*4-14,26-27H,15-16H2,1-3H3;3-14,25-26H,15-16H2,1-2H3;8-12,25-26H,13-14H2,1-7H3. The van der Waals surface area contributed by atoms with Crippen molar-refractivity contribution in [2.24, 2.45) is 0 Å².